The number of nitrogens with zero attached hydrogens (tertiary/aromatic N) is 4. The first-order valence-electron chi connectivity index (χ1n) is 8.87. The molecule has 6 nitrogen and oxygen atoms in total. The minimum absolute atomic E-state index is 0.579. The molecule has 7 heteroatoms. The van der Waals surface area contributed by atoms with Gasteiger partial charge in [0.15, 0.2) is 17.3 Å². The molecule has 2 heterocycles. The Bertz CT molecular complexity index is 731. The first kappa shape index (κ1) is 18.7. The monoisotopic (exact) mass is 376 g/mol. The van der Waals surface area contributed by atoms with Crippen LogP contribution in [0, 0.1) is 6.92 Å². The average Bonchev–Trinajstić information content (AvgIpc) is 2.65. The highest BCUT2D eigenvalue weighted by Gasteiger charge is 2.20. The number of methoxy groups -OCH3 is 1. The summed E-state index contributed by atoms with van der Waals surface area (Å²) in [7, 11) is 1.65. The summed E-state index contributed by atoms with van der Waals surface area (Å²) in [6.07, 6.45) is 0. The van der Waals surface area contributed by atoms with Gasteiger partial charge in [-0.2, -0.15) is 5.10 Å². The molecule has 2 aromatic rings. The van der Waals surface area contributed by atoms with Crippen LogP contribution < -0.4 is 14.4 Å². The van der Waals surface area contributed by atoms with Crippen molar-refractivity contribution < 1.29 is 9.47 Å². The molecule has 0 unspecified atom stereocenters. The average molecular weight is 377 g/mol. The van der Waals surface area contributed by atoms with Crippen molar-refractivity contribution >= 4 is 17.4 Å². The van der Waals surface area contributed by atoms with Gasteiger partial charge < -0.3 is 14.4 Å². The molecule has 140 valence electrons. The summed E-state index contributed by atoms with van der Waals surface area (Å²) in [4.78, 5) is 4.66. The Morgan fingerprint density at radius 2 is 1.85 bits per heavy atom. The third-order valence-corrected chi connectivity index (χ3v) is 4.86. The molecule has 0 saturated carbocycles. The van der Waals surface area contributed by atoms with Gasteiger partial charge in [0.1, 0.15) is 0 Å². The van der Waals surface area contributed by atoms with Crippen LogP contribution in [0.15, 0.2) is 24.3 Å². The van der Waals surface area contributed by atoms with Crippen LogP contribution in [0.5, 0.6) is 11.5 Å². The van der Waals surface area contributed by atoms with Crippen molar-refractivity contribution in [3.8, 4) is 11.5 Å². The molecular formula is C19H25ClN4O2. The number of hydrogen-bond acceptors (Lipinski definition) is 6. The van der Waals surface area contributed by atoms with E-state index in [0.717, 1.165) is 55.5 Å². The van der Waals surface area contributed by atoms with Crippen molar-refractivity contribution in [3.63, 3.8) is 0 Å². The number of rotatable bonds is 6. The first-order chi connectivity index (χ1) is 12.6. The molecule has 0 radical (unpaired) electrons. The molecule has 1 saturated heterocycles. The summed E-state index contributed by atoms with van der Waals surface area (Å²) < 4.78 is 11.0. The SMILES string of the molecule is CCOc1cc(Cl)c(CN2CCN(c3ccc(C)nn3)CC2)cc1OC. The quantitative estimate of drug-likeness (QED) is 0.771. The lowest BCUT2D eigenvalue weighted by atomic mass is 10.1. The molecule has 0 aliphatic carbocycles. The summed E-state index contributed by atoms with van der Waals surface area (Å²) in [5, 5.41) is 9.14. The molecular weight excluding hydrogens is 352 g/mol. The molecule has 0 atom stereocenters. The summed E-state index contributed by atoms with van der Waals surface area (Å²) in [5.74, 6) is 2.35. The molecule has 0 N–H and O–H groups in total. The van der Waals surface area contributed by atoms with Crippen LogP contribution in [-0.4, -0.2) is 55.0 Å². The number of halogens is 1. The predicted octanol–water partition coefficient (Wildman–Crippen LogP) is 3.17. The van der Waals surface area contributed by atoms with Crippen LogP contribution in [0.2, 0.25) is 5.02 Å². The van der Waals surface area contributed by atoms with E-state index in [2.05, 4.69) is 20.0 Å². The predicted molar refractivity (Wildman–Crippen MR) is 103 cm³/mol. The molecule has 0 bridgehead atoms. The van der Waals surface area contributed by atoms with Crippen LogP contribution >= 0.6 is 11.6 Å². The van der Waals surface area contributed by atoms with Gasteiger partial charge in [-0.25, -0.2) is 0 Å². The summed E-state index contributed by atoms with van der Waals surface area (Å²) >= 11 is 6.46. The van der Waals surface area contributed by atoms with E-state index >= 15 is 0 Å². The third-order valence-electron chi connectivity index (χ3n) is 4.51. The number of benzene rings is 1. The summed E-state index contributed by atoms with van der Waals surface area (Å²) in [6, 6.07) is 7.86. The van der Waals surface area contributed by atoms with E-state index in [4.69, 9.17) is 21.1 Å². The van der Waals surface area contributed by atoms with Gasteiger partial charge in [0.05, 0.1) is 19.4 Å². The van der Waals surface area contributed by atoms with Crippen molar-refractivity contribution in [1.29, 1.82) is 0 Å². The second-order valence-electron chi connectivity index (χ2n) is 6.32. The molecule has 1 aromatic heterocycles. The number of piperazine rings is 1. The Morgan fingerprint density at radius 3 is 2.46 bits per heavy atom. The number of hydrogen-bond donors (Lipinski definition) is 0. The largest absolute Gasteiger partial charge is 0.493 e. The van der Waals surface area contributed by atoms with E-state index in [-0.39, 0.29) is 0 Å². The maximum atomic E-state index is 6.46. The topological polar surface area (TPSA) is 50.7 Å². The highest BCUT2D eigenvalue weighted by Crippen LogP contribution is 2.34. The van der Waals surface area contributed by atoms with Crippen molar-refractivity contribution in [2.75, 3.05) is 44.8 Å². The van der Waals surface area contributed by atoms with Gasteiger partial charge in [0.2, 0.25) is 0 Å². The second-order valence-corrected chi connectivity index (χ2v) is 6.73. The van der Waals surface area contributed by atoms with Crippen molar-refractivity contribution in [3.05, 3.63) is 40.5 Å². The van der Waals surface area contributed by atoms with Gasteiger partial charge in [-0.3, -0.25) is 4.90 Å². The van der Waals surface area contributed by atoms with Crippen molar-refractivity contribution in [2.24, 2.45) is 0 Å². The second kappa shape index (κ2) is 8.56. The first-order valence-corrected chi connectivity index (χ1v) is 9.25. The fraction of sp³-hybridized carbons (Fsp3) is 0.474. The van der Waals surface area contributed by atoms with Crippen LogP contribution in [0.3, 0.4) is 0 Å². The Balaban J connectivity index is 1.63. The Hall–Kier alpha value is -2.05. The van der Waals surface area contributed by atoms with E-state index in [1.54, 1.807) is 7.11 Å². The normalized spacial score (nSPS) is 15.2. The number of anilines is 1. The highest BCUT2D eigenvalue weighted by atomic mass is 35.5. The van der Waals surface area contributed by atoms with Crippen molar-refractivity contribution in [1.82, 2.24) is 15.1 Å². The van der Waals surface area contributed by atoms with Crippen LogP contribution in [-0.2, 0) is 6.54 Å². The maximum absolute atomic E-state index is 6.46. The zero-order chi connectivity index (χ0) is 18.5. The zero-order valence-electron chi connectivity index (χ0n) is 15.5. The molecule has 1 aromatic carbocycles. The van der Waals surface area contributed by atoms with E-state index < -0.39 is 0 Å². The Morgan fingerprint density at radius 1 is 1.08 bits per heavy atom. The van der Waals surface area contributed by atoms with Gasteiger partial charge in [-0.05, 0) is 37.6 Å². The zero-order valence-corrected chi connectivity index (χ0v) is 16.3. The fourth-order valence-corrected chi connectivity index (χ4v) is 3.28. The molecule has 1 fully saturated rings. The van der Waals surface area contributed by atoms with Crippen LogP contribution in [0.1, 0.15) is 18.2 Å². The Kier molecular flexibility index (Phi) is 6.16. The molecule has 1 aliphatic heterocycles. The third kappa shape index (κ3) is 4.37. The van der Waals surface area contributed by atoms with Gasteiger partial charge in [0.25, 0.3) is 0 Å². The fourth-order valence-electron chi connectivity index (χ4n) is 3.06. The van der Waals surface area contributed by atoms with Gasteiger partial charge >= 0.3 is 0 Å². The molecule has 0 amide bonds. The maximum Gasteiger partial charge on any atom is 0.162 e. The number of aromatic nitrogens is 2. The van der Waals surface area contributed by atoms with Crippen LogP contribution in [0.25, 0.3) is 0 Å². The minimum Gasteiger partial charge on any atom is -0.493 e. The van der Waals surface area contributed by atoms with Crippen molar-refractivity contribution in [2.45, 2.75) is 20.4 Å². The number of aryl methyl sites for hydroxylation is 1. The standard InChI is InChI=1S/C19H25ClN4O2/c1-4-26-18-12-16(20)15(11-17(18)25-3)13-23-7-9-24(10-8-23)19-6-5-14(2)21-22-19/h5-6,11-12H,4,7-10,13H2,1-3H3. The summed E-state index contributed by atoms with van der Waals surface area (Å²) in [6.45, 7) is 8.99. The number of ether oxygens (including phenoxy) is 2. The van der Waals surface area contributed by atoms with Gasteiger partial charge in [-0.1, -0.05) is 11.6 Å². The lowest BCUT2D eigenvalue weighted by molar-refractivity contribution is 0.248. The van der Waals surface area contributed by atoms with E-state index in [0.29, 0.717) is 17.4 Å². The Labute approximate surface area is 159 Å². The summed E-state index contributed by atoms with van der Waals surface area (Å²) in [5.41, 5.74) is 1.99. The van der Waals surface area contributed by atoms with Gasteiger partial charge in [0, 0.05) is 43.8 Å². The minimum atomic E-state index is 0.579. The van der Waals surface area contributed by atoms with E-state index in [9.17, 15) is 0 Å². The van der Waals surface area contributed by atoms with E-state index in [1.165, 1.54) is 0 Å². The molecule has 0 spiro atoms. The highest BCUT2D eigenvalue weighted by molar-refractivity contribution is 6.31. The molecule has 3 rings (SSSR count). The van der Waals surface area contributed by atoms with Gasteiger partial charge in [-0.15, -0.1) is 5.10 Å². The van der Waals surface area contributed by atoms with E-state index in [1.807, 2.05) is 38.1 Å². The molecule has 1 aliphatic rings. The smallest absolute Gasteiger partial charge is 0.162 e. The lowest BCUT2D eigenvalue weighted by Gasteiger charge is -2.35. The van der Waals surface area contributed by atoms with Crippen LogP contribution in [0.4, 0.5) is 5.82 Å². The molecule has 26 heavy (non-hydrogen) atoms. The lowest BCUT2D eigenvalue weighted by Crippen LogP contribution is -2.46.